The average molecular weight is 348 g/mol. The van der Waals surface area contributed by atoms with Gasteiger partial charge in [0.1, 0.15) is 5.65 Å². The molecular weight excluding hydrogens is 334 g/mol. The summed E-state index contributed by atoms with van der Waals surface area (Å²) < 4.78 is 1.98. The third kappa shape index (κ3) is 3.25. The van der Waals surface area contributed by atoms with Crippen LogP contribution in [0.1, 0.15) is 10.4 Å². The van der Waals surface area contributed by atoms with E-state index in [9.17, 15) is 4.79 Å². The summed E-state index contributed by atoms with van der Waals surface area (Å²) in [7, 11) is 0. The van der Waals surface area contributed by atoms with Crippen molar-refractivity contribution in [1.82, 2.24) is 9.38 Å². The lowest BCUT2D eigenvalue weighted by atomic mass is 10.1. The number of rotatable bonds is 3. The molecule has 0 radical (unpaired) electrons. The van der Waals surface area contributed by atoms with Crippen molar-refractivity contribution in [1.29, 1.82) is 0 Å². The minimum Gasteiger partial charge on any atom is -0.322 e. The molecule has 0 saturated heterocycles. The molecule has 1 amide bonds. The van der Waals surface area contributed by atoms with Crippen LogP contribution in [0, 0.1) is 0 Å². The number of nitrogens with one attached hydrogen (secondary N) is 1. The maximum atomic E-state index is 12.3. The van der Waals surface area contributed by atoms with Gasteiger partial charge < -0.3 is 9.72 Å². The van der Waals surface area contributed by atoms with Crippen LogP contribution in [0.15, 0.2) is 79.1 Å². The second-order valence-corrected chi connectivity index (χ2v) is 6.07. The number of halogens is 1. The number of carbonyl (C=O) groups excluding carboxylic acids is 1. The number of pyridine rings is 1. The Morgan fingerprint density at radius 1 is 1.00 bits per heavy atom. The quantitative estimate of drug-likeness (QED) is 0.572. The van der Waals surface area contributed by atoms with E-state index in [1.54, 1.807) is 24.3 Å². The Morgan fingerprint density at radius 2 is 1.84 bits per heavy atom. The number of hydrogen-bond donors (Lipinski definition) is 1. The fourth-order valence-electron chi connectivity index (χ4n) is 2.63. The van der Waals surface area contributed by atoms with Gasteiger partial charge in [-0.3, -0.25) is 4.79 Å². The first-order valence-electron chi connectivity index (χ1n) is 7.80. The van der Waals surface area contributed by atoms with E-state index in [1.807, 2.05) is 59.3 Å². The Hall–Kier alpha value is -3.11. The molecule has 2 aromatic carbocycles. The number of anilines is 1. The summed E-state index contributed by atoms with van der Waals surface area (Å²) in [5.41, 5.74) is 4.02. The molecular formula is C20H14ClN3O. The summed E-state index contributed by atoms with van der Waals surface area (Å²) in [5.74, 6) is -0.192. The van der Waals surface area contributed by atoms with Crippen molar-refractivity contribution in [2.75, 3.05) is 5.32 Å². The number of imidazole rings is 1. The Balaban J connectivity index is 1.54. The van der Waals surface area contributed by atoms with Gasteiger partial charge in [-0.1, -0.05) is 35.9 Å². The average Bonchev–Trinajstić information content (AvgIpc) is 3.06. The van der Waals surface area contributed by atoms with Crippen LogP contribution >= 0.6 is 11.6 Å². The summed E-state index contributed by atoms with van der Waals surface area (Å²) in [6.07, 6.45) is 3.94. The lowest BCUT2D eigenvalue weighted by Crippen LogP contribution is -2.11. The van der Waals surface area contributed by atoms with Gasteiger partial charge in [0.25, 0.3) is 5.91 Å². The standard InChI is InChI=1S/C20H14ClN3O/c21-16-5-3-4-15(12-16)20(25)22-17-9-7-14(8-10-17)18-13-24-11-2-1-6-19(24)23-18/h1-13H,(H,22,25). The lowest BCUT2D eigenvalue weighted by molar-refractivity contribution is 0.102. The molecule has 122 valence electrons. The molecule has 0 fully saturated rings. The van der Waals surface area contributed by atoms with E-state index >= 15 is 0 Å². The second kappa shape index (κ2) is 6.42. The molecule has 5 heteroatoms. The van der Waals surface area contributed by atoms with E-state index in [1.165, 1.54) is 0 Å². The zero-order chi connectivity index (χ0) is 17.2. The number of fused-ring (bicyclic) bond motifs is 1. The third-order valence-electron chi connectivity index (χ3n) is 3.89. The van der Waals surface area contributed by atoms with Crippen molar-refractivity contribution in [3.63, 3.8) is 0 Å². The first-order valence-corrected chi connectivity index (χ1v) is 8.18. The minimum absolute atomic E-state index is 0.192. The van der Waals surface area contributed by atoms with E-state index in [-0.39, 0.29) is 5.91 Å². The highest BCUT2D eigenvalue weighted by Crippen LogP contribution is 2.22. The fraction of sp³-hybridized carbons (Fsp3) is 0. The van der Waals surface area contributed by atoms with Gasteiger partial charge in [-0.2, -0.15) is 0 Å². The Morgan fingerprint density at radius 3 is 2.60 bits per heavy atom. The predicted octanol–water partition coefficient (Wildman–Crippen LogP) is 4.91. The highest BCUT2D eigenvalue weighted by atomic mass is 35.5. The first kappa shape index (κ1) is 15.4. The smallest absolute Gasteiger partial charge is 0.255 e. The van der Waals surface area contributed by atoms with Gasteiger partial charge in [-0.25, -0.2) is 4.98 Å². The van der Waals surface area contributed by atoms with Crippen LogP contribution in [0.4, 0.5) is 5.69 Å². The predicted molar refractivity (Wildman–Crippen MR) is 100 cm³/mol. The highest BCUT2D eigenvalue weighted by molar-refractivity contribution is 6.31. The van der Waals surface area contributed by atoms with Gasteiger partial charge in [-0.15, -0.1) is 0 Å². The third-order valence-corrected chi connectivity index (χ3v) is 4.12. The number of carbonyl (C=O) groups is 1. The molecule has 1 N–H and O–H groups in total. The van der Waals surface area contributed by atoms with Crippen LogP contribution in [0.3, 0.4) is 0 Å². The number of hydrogen-bond acceptors (Lipinski definition) is 2. The van der Waals surface area contributed by atoms with Crippen molar-refractivity contribution in [2.45, 2.75) is 0 Å². The second-order valence-electron chi connectivity index (χ2n) is 5.63. The number of nitrogens with zero attached hydrogens (tertiary/aromatic N) is 2. The van der Waals surface area contributed by atoms with Crippen LogP contribution < -0.4 is 5.32 Å². The molecule has 0 aliphatic heterocycles. The zero-order valence-electron chi connectivity index (χ0n) is 13.2. The van der Waals surface area contributed by atoms with Crippen molar-refractivity contribution in [3.8, 4) is 11.3 Å². The van der Waals surface area contributed by atoms with Crippen molar-refractivity contribution >= 4 is 28.8 Å². The zero-order valence-corrected chi connectivity index (χ0v) is 13.9. The number of aromatic nitrogens is 2. The van der Waals surface area contributed by atoms with Crippen molar-refractivity contribution < 1.29 is 4.79 Å². The van der Waals surface area contributed by atoms with Crippen molar-refractivity contribution in [3.05, 3.63) is 89.7 Å². The molecule has 4 nitrogen and oxygen atoms in total. The van der Waals surface area contributed by atoms with Gasteiger partial charge in [0, 0.05) is 34.2 Å². The number of benzene rings is 2. The van der Waals surface area contributed by atoms with E-state index < -0.39 is 0 Å². The fourth-order valence-corrected chi connectivity index (χ4v) is 2.82. The van der Waals surface area contributed by atoms with E-state index in [0.717, 1.165) is 22.6 Å². The molecule has 0 aliphatic rings. The molecule has 0 atom stereocenters. The summed E-state index contributed by atoms with van der Waals surface area (Å²) in [6, 6.07) is 20.4. The number of amides is 1. The summed E-state index contributed by atoms with van der Waals surface area (Å²) in [5, 5.41) is 3.40. The molecule has 2 heterocycles. The molecule has 25 heavy (non-hydrogen) atoms. The van der Waals surface area contributed by atoms with Gasteiger partial charge in [0.05, 0.1) is 5.69 Å². The summed E-state index contributed by atoms with van der Waals surface area (Å²) in [4.78, 5) is 16.8. The van der Waals surface area contributed by atoms with Gasteiger partial charge in [-0.05, 0) is 42.5 Å². The molecule has 4 rings (SSSR count). The largest absolute Gasteiger partial charge is 0.322 e. The maximum absolute atomic E-state index is 12.3. The maximum Gasteiger partial charge on any atom is 0.255 e. The molecule has 0 spiro atoms. The van der Waals surface area contributed by atoms with Crippen LogP contribution in [0.5, 0.6) is 0 Å². The SMILES string of the molecule is O=C(Nc1ccc(-c2cn3ccccc3n2)cc1)c1cccc(Cl)c1. The van der Waals surface area contributed by atoms with Crippen LogP contribution in [0.25, 0.3) is 16.9 Å². The highest BCUT2D eigenvalue weighted by Gasteiger charge is 2.08. The molecule has 2 aromatic heterocycles. The van der Waals surface area contributed by atoms with E-state index in [0.29, 0.717) is 10.6 Å². The lowest BCUT2D eigenvalue weighted by Gasteiger charge is -2.06. The first-order chi connectivity index (χ1) is 12.2. The Bertz CT molecular complexity index is 1020. The monoisotopic (exact) mass is 347 g/mol. The molecule has 0 bridgehead atoms. The van der Waals surface area contributed by atoms with Crippen LogP contribution in [-0.2, 0) is 0 Å². The molecule has 0 aliphatic carbocycles. The molecule has 0 saturated carbocycles. The summed E-state index contributed by atoms with van der Waals surface area (Å²) in [6.45, 7) is 0. The minimum atomic E-state index is -0.192. The van der Waals surface area contributed by atoms with Gasteiger partial charge >= 0.3 is 0 Å². The van der Waals surface area contributed by atoms with E-state index in [2.05, 4.69) is 10.3 Å². The molecule has 4 aromatic rings. The normalized spacial score (nSPS) is 10.8. The topological polar surface area (TPSA) is 46.4 Å². The van der Waals surface area contributed by atoms with Gasteiger partial charge in [0.2, 0.25) is 0 Å². The van der Waals surface area contributed by atoms with Crippen molar-refractivity contribution in [2.24, 2.45) is 0 Å². The van der Waals surface area contributed by atoms with E-state index in [4.69, 9.17) is 11.6 Å². The molecule has 0 unspecified atom stereocenters. The van der Waals surface area contributed by atoms with Crippen LogP contribution in [-0.4, -0.2) is 15.3 Å². The van der Waals surface area contributed by atoms with Crippen LogP contribution in [0.2, 0.25) is 5.02 Å². The van der Waals surface area contributed by atoms with Gasteiger partial charge in [0.15, 0.2) is 0 Å². The Kier molecular flexibility index (Phi) is 3.96. The Labute approximate surface area is 149 Å². The summed E-state index contributed by atoms with van der Waals surface area (Å²) >= 11 is 5.93.